The van der Waals surface area contributed by atoms with E-state index in [0.29, 0.717) is 6.42 Å². The lowest BCUT2D eigenvalue weighted by Gasteiger charge is -1.80. The fraction of sp³-hybridized carbons (Fsp3) is 0.900. The van der Waals surface area contributed by atoms with Crippen LogP contribution >= 0.6 is 0 Å². The summed E-state index contributed by atoms with van der Waals surface area (Å²) in [4.78, 5) is 9.60. The lowest BCUT2D eigenvalue weighted by Crippen LogP contribution is -1.90. The van der Waals surface area contributed by atoms with Gasteiger partial charge in [0, 0.05) is 18.6 Å². The summed E-state index contributed by atoms with van der Waals surface area (Å²) in [6, 6.07) is 0. The van der Waals surface area contributed by atoms with E-state index in [4.69, 9.17) is 15.3 Å². The van der Waals surface area contributed by atoms with Crippen molar-refractivity contribution in [1.29, 1.82) is 0 Å². The van der Waals surface area contributed by atoms with Gasteiger partial charge in [0.2, 0.25) is 0 Å². The number of hydrogen-bond donors (Lipinski definition) is 3. The molecule has 0 atom stereocenters. The second-order valence-corrected chi connectivity index (χ2v) is 3.33. The largest absolute Gasteiger partial charge is 0.481 e. The van der Waals surface area contributed by atoms with Crippen molar-refractivity contribution in [2.24, 2.45) is 0 Å². The molecule has 0 saturated heterocycles. The van der Waals surface area contributed by atoms with Crippen molar-refractivity contribution in [2.45, 2.75) is 59.7 Å². The molecule has 0 heterocycles. The van der Waals surface area contributed by atoms with E-state index in [1.807, 2.05) is 6.92 Å². The van der Waals surface area contributed by atoms with Gasteiger partial charge in [-0.25, -0.2) is 0 Å². The molecular weight excluding hydrogens is 184 g/mol. The van der Waals surface area contributed by atoms with Gasteiger partial charge in [-0.1, -0.05) is 6.92 Å². The fourth-order valence-electron chi connectivity index (χ4n) is 0.214. The van der Waals surface area contributed by atoms with Gasteiger partial charge in [-0.2, -0.15) is 0 Å². The van der Waals surface area contributed by atoms with Crippen molar-refractivity contribution in [3.63, 3.8) is 0 Å². The van der Waals surface area contributed by atoms with E-state index in [0.717, 1.165) is 6.42 Å². The first-order chi connectivity index (χ1) is 6.23. The number of carbonyl (C=O) groups is 1. The van der Waals surface area contributed by atoms with Gasteiger partial charge in [-0.15, -0.1) is 0 Å². The normalized spacial score (nSPS) is 8.64. The topological polar surface area (TPSA) is 77.8 Å². The molecule has 0 rings (SSSR count). The van der Waals surface area contributed by atoms with Crippen LogP contribution in [0.2, 0.25) is 0 Å². The Morgan fingerprint density at radius 3 is 1.29 bits per heavy atom. The molecule has 0 aromatic carbocycles. The number of aliphatic hydroxyl groups excluding tert-OH is 2. The molecule has 88 valence electrons. The van der Waals surface area contributed by atoms with Crippen molar-refractivity contribution in [3.8, 4) is 0 Å². The first kappa shape index (κ1) is 19.0. The van der Waals surface area contributed by atoms with Crippen molar-refractivity contribution < 1.29 is 20.1 Å². The average Bonchev–Trinajstić information content (AvgIpc) is 1.82. The van der Waals surface area contributed by atoms with E-state index >= 15 is 0 Å². The maximum Gasteiger partial charge on any atom is 0.303 e. The molecule has 4 heteroatoms. The minimum atomic E-state index is -0.711. The van der Waals surface area contributed by atoms with Gasteiger partial charge >= 0.3 is 5.97 Å². The third-order valence-electron chi connectivity index (χ3n) is 0.464. The summed E-state index contributed by atoms with van der Waals surface area (Å²) in [6.45, 7) is 8.73. The smallest absolute Gasteiger partial charge is 0.303 e. The second kappa shape index (κ2) is 14.9. The van der Waals surface area contributed by atoms with Gasteiger partial charge in [0.15, 0.2) is 0 Å². The Hall–Kier alpha value is -0.610. The number of carboxylic acids is 1. The van der Waals surface area contributed by atoms with Gasteiger partial charge in [0.25, 0.3) is 0 Å². The molecule has 0 fully saturated rings. The number of carboxylic acid groups (broad SMARTS) is 1. The van der Waals surface area contributed by atoms with Crippen LogP contribution in [0.25, 0.3) is 0 Å². The molecule has 0 aliphatic heterocycles. The number of hydrogen-bond acceptors (Lipinski definition) is 3. The monoisotopic (exact) mass is 208 g/mol. The van der Waals surface area contributed by atoms with Crippen LogP contribution in [0.3, 0.4) is 0 Å². The van der Waals surface area contributed by atoms with Gasteiger partial charge in [0.1, 0.15) is 0 Å². The number of rotatable bonds is 2. The molecule has 0 aliphatic rings. The average molecular weight is 208 g/mol. The standard InChI is InChI=1S/C4H8O2.2C3H8O/c1-2-3-4(5)6;2*1-3(2)4/h2-3H2,1H3,(H,5,6);2*3-4H,1-2H3. The first-order valence-electron chi connectivity index (χ1n) is 4.81. The summed E-state index contributed by atoms with van der Waals surface area (Å²) in [5.74, 6) is -0.711. The van der Waals surface area contributed by atoms with Crippen LogP contribution in [0.15, 0.2) is 0 Å². The summed E-state index contributed by atoms with van der Waals surface area (Å²) >= 11 is 0. The van der Waals surface area contributed by atoms with E-state index < -0.39 is 5.97 Å². The lowest BCUT2D eigenvalue weighted by molar-refractivity contribution is -0.137. The predicted molar refractivity (Wildman–Crippen MR) is 57.3 cm³/mol. The molecule has 4 nitrogen and oxygen atoms in total. The number of aliphatic carboxylic acids is 1. The molecule has 0 saturated carbocycles. The molecule has 0 bridgehead atoms. The van der Waals surface area contributed by atoms with Crippen LogP contribution in [0, 0.1) is 0 Å². The Morgan fingerprint density at radius 2 is 1.29 bits per heavy atom. The third kappa shape index (κ3) is 215. The minimum Gasteiger partial charge on any atom is -0.481 e. The van der Waals surface area contributed by atoms with E-state index in [1.54, 1.807) is 27.7 Å². The van der Waals surface area contributed by atoms with Crippen molar-refractivity contribution in [1.82, 2.24) is 0 Å². The van der Waals surface area contributed by atoms with Gasteiger partial charge in [0.05, 0.1) is 0 Å². The molecule has 0 aromatic heterocycles. The van der Waals surface area contributed by atoms with Crippen LogP contribution in [0.4, 0.5) is 0 Å². The SMILES string of the molecule is CC(C)O.CC(C)O.CCCC(=O)O. The van der Waals surface area contributed by atoms with Crippen LogP contribution in [-0.4, -0.2) is 33.5 Å². The highest BCUT2D eigenvalue weighted by Gasteiger charge is 1.87. The molecule has 0 radical (unpaired) electrons. The zero-order valence-corrected chi connectivity index (χ0v) is 9.82. The molecular formula is C10H24O4. The highest BCUT2D eigenvalue weighted by Crippen LogP contribution is 1.82. The third-order valence-corrected chi connectivity index (χ3v) is 0.464. The predicted octanol–water partition coefficient (Wildman–Crippen LogP) is 1.65. The highest BCUT2D eigenvalue weighted by molar-refractivity contribution is 5.66. The van der Waals surface area contributed by atoms with Crippen LogP contribution in [0.1, 0.15) is 47.5 Å². The Labute approximate surface area is 86.6 Å². The summed E-state index contributed by atoms with van der Waals surface area (Å²) in [6.07, 6.45) is 0.690. The molecule has 14 heavy (non-hydrogen) atoms. The quantitative estimate of drug-likeness (QED) is 0.644. The van der Waals surface area contributed by atoms with E-state index in [9.17, 15) is 4.79 Å². The molecule has 0 unspecified atom stereocenters. The van der Waals surface area contributed by atoms with Crippen molar-refractivity contribution >= 4 is 5.97 Å². The molecule has 3 N–H and O–H groups in total. The van der Waals surface area contributed by atoms with Crippen LogP contribution < -0.4 is 0 Å². The molecule has 0 aromatic rings. The molecule has 0 aliphatic carbocycles. The van der Waals surface area contributed by atoms with E-state index in [1.165, 1.54) is 0 Å². The summed E-state index contributed by atoms with van der Waals surface area (Å²) < 4.78 is 0. The first-order valence-corrected chi connectivity index (χ1v) is 4.81. The zero-order chi connectivity index (χ0) is 12.1. The maximum atomic E-state index is 9.60. The summed E-state index contributed by atoms with van der Waals surface area (Å²) in [5.41, 5.74) is 0. The minimum absolute atomic E-state index is 0.167. The zero-order valence-electron chi connectivity index (χ0n) is 9.82. The Kier molecular flexibility index (Phi) is 20.3. The molecule has 0 spiro atoms. The van der Waals surface area contributed by atoms with Crippen molar-refractivity contribution in [3.05, 3.63) is 0 Å². The van der Waals surface area contributed by atoms with Crippen LogP contribution in [-0.2, 0) is 4.79 Å². The van der Waals surface area contributed by atoms with Crippen LogP contribution in [0.5, 0.6) is 0 Å². The van der Waals surface area contributed by atoms with E-state index in [2.05, 4.69) is 0 Å². The molecule has 0 amide bonds. The van der Waals surface area contributed by atoms with Gasteiger partial charge in [-0.3, -0.25) is 4.79 Å². The highest BCUT2D eigenvalue weighted by atomic mass is 16.4. The van der Waals surface area contributed by atoms with Gasteiger partial charge < -0.3 is 15.3 Å². The van der Waals surface area contributed by atoms with Gasteiger partial charge in [-0.05, 0) is 34.1 Å². The van der Waals surface area contributed by atoms with Crippen molar-refractivity contribution in [2.75, 3.05) is 0 Å². The summed E-state index contributed by atoms with van der Waals surface area (Å²) in [5, 5.41) is 24.0. The Bertz CT molecular complexity index is 99.2. The fourth-order valence-corrected chi connectivity index (χ4v) is 0.214. The summed E-state index contributed by atoms with van der Waals surface area (Å²) in [7, 11) is 0. The maximum absolute atomic E-state index is 9.60. The second-order valence-electron chi connectivity index (χ2n) is 3.33. The Balaban J connectivity index is -0.000000135. The Morgan fingerprint density at radius 1 is 1.07 bits per heavy atom. The number of aliphatic hydroxyl groups is 2. The van der Waals surface area contributed by atoms with E-state index in [-0.39, 0.29) is 12.2 Å². The lowest BCUT2D eigenvalue weighted by atomic mass is 10.4.